The van der Waals surface area contributed by atoms with Crippen molar-refractivity contribution in [1.29, 1.82) is 0 Å². The second-order valence-corrected chi connectivity index (χ2v) is 7.67. The first-order chi connectivity index (χ1) is 10.0. The van der Waals surface area contributed by atoms with Crippen LogP contribution in [0.2, 0.25) is 5.02 Å². The molecule has 1 aliphatic rings. The van der Waals surface area contributed by atoms with Gasteiger partial charge in [0.25, 0.3) is 0 Å². The van der Waals surface area contributed by atoms with Crippen molar-refractivity contribution in [1.82, 2.24) is 9.62 Å². The molecule has 1 aromatic carbocycles. The van der Waals surface area contributed by atoms with Crippen molar-refractivity contribution in [2.75, 3.05) is 13.1 Å². The summed E-state index contributed by atoms with van der Waals surface area (Å²) >= 11 is 5.59. The molecule has 4 nitrogen and oxygen atoms in total. The van der Waals surface area contributed by atoms with Crippen molar-refractivity contribution in [2.24, 2.45) is 0 Å². The zero-order valence-corrected chi connectivity index (χ0v) is 13.6. The molecule has 0 amide bonds. The largest absolute Gasteiger partial charge is 0.417 e. The topological polar surface area (TPSA) is 49.4 Å². The second-order valence-electron chi connectivity index (χ2n) is 5.37. The number of hydrogen-bond acceptors (Lipinski definition) is 3. The number of nitrogens with zero attached hydrogens (tertiary/aromatic N) is 1. The Labute approximate surface area is 132 Å². The highest BCUT2D eigenvalue weighted by Crippen LogP contribution is 2.37. The van der Waals surface area contributed by atoms with Crippen LogP contribution in [0.5, 0.6) is 0 Å². The monoisotopic (exact) mass is 356 g/mol. The van der Waals surface area contributed by atoms with Gasteiger partial charge in [0.15, 0.2) is 0 Å². The molecule has 124 valence electrons. The van der Waals surface area contributed by atoms with Crippen LogP contribution in [0.3, 0.4) is 0 Å². The smallest absolute Gasteiger partial charge is 0.311 e. The Morgan fingerprint density at radius 2 is 1.95 bits per heavy atom. The maximum absolute atomic E-state index is 13.1. The molecule has 1 heterocycles. The van der Waals surface area contributed by atoms with Crippen LogP contribution in [0.1, 0.15) is 19.4 Å². The van der Waals surface area contributed by atoms with Gasteiger partial charge in [0.05, 0.1) is 10.5 Å². The van der Waals surface area contributed by atoms with E-state index in [9.17, 15) is 21.6 Å². The summed E-state index contributed by atoms with van der Waals surface area (Å²) in [5, 5.41) is 2.93. The zero-order valence-electron chi connectivity index (χ0n) is 12.0. The summed E-state index contributed by atoms with van der Waals surface area (Å²) in [6, 6.07) is 2.15. The Bertz CT molecular complexity index is 664. The van der Waals surface area contributed by atoms with Crippen LogP contribution in [0, 0.1) is 0 Å². The standard InChI is InChI=1S/C13H16ClF3N2O2S/c1-8-7-19(9(2)6-18-8)22(20,21)12-4-3-10(14)5-11(12)13(15,16)17/h3-5,8-9,18H,6-7H2,1-2H3. The van der Waals surface area contributed by atoms with Gasteiger partial charge in [-0.2, -0.15) is 17.5 Å². The number of nitrogens with one attached hydrogen (secondary N) is 1. The van der Waals surface area contributed by atoms with Gasteiger partial charge in [0.1, 0.15) is 0 Å². The van der Waals surface area contributed by atoms with Crippen molar-refractivity contribution in [3.8, 4) is 0 Å². The molecule has 0 spiro atoms. The molecule has 2 unspecified atom stereocenters. The predicted octanol–water partition coefficient (Wildman–Crippen LogP) is 2.73. The Balaban J connectivity index is 2.54. The van der Waals surface area contributed by atoms with Gasteiger partial charge in [-0.05, 0) is 32.0 Å². The van der Waals surface area contributed by atoms with Gasteiger partial charge in [-0.1, -0.05) is 11.6 Å². The van der Waals surface area contributed by atoms with Crippen LogP contribution in [0.4, 0.5) is 13.2 Å². The van der Waals surface area contributed by atoms with Gasteiger partial charge in [-0.25, -0.2) is 8.42 Å². The third kappa shape index (κ3) is 3.40. The van der Waals surface area contributed by atoms with Crippen LogP contribution in [-0.2, 0) is 16.2 Å². The van der Waals surface area contributed by atoms with Gasteiger partial charge in [0, 0.05) is 30.2 Å². The number of hydrogen-bond donors (Lipinski definition) is 1. The molecule has 9 heteroatoms. The summed E-state index contributed by atoms with van der Waals surface area (Å²) in [6.45, 7) is 3.93. The first kappa shape index (κ1) is 17.5. The molecule has 0 saturated carbocycles. The number of rotatable bonds is 2. The van der Waals surface area contributed by atoms with E-state index >= 15 is 0 Å². The van der Waals surface area contributed by atoms with E-state index in [1.807, 2.05) is 0 Å². The van der Waals surface area contributed by atoms with Crippen LogP contribution in [-0.4, -0.2) is 37.9 Å². The number of sulfonamides is 1. The molecule has 22 heavy (non-hydrogen) atoms. The molecule has 2 rings (SSSR count). The first-order valence-electron chi connectivity index (χ1n) is 6.65. The molecule has 2 atom stereocenters. The Kier molecular flexibility index (Phi) is 4.77. The van der Waals surface area contributed by atoms with E-state index in [2.05, 4.69) is 5.32 Å². The van der Waals surface area contributed by atoms with E-state index in [4.69, 9.17) is 11.6 Å². The van der Waals surface area contributed by atoms with Crippen LogP contribution >= 0.6 is 11.6 Å². The number of benzene rings is 1. The zero-order chi connectivity index (χ0) is 16.7. The summed E-state index contributed by atoms with van der Waals surface area (Å²) in [5.74, 6) is 0. The highest BCUT2D eigenvalue weighted by molar-refractivity contribution is 7.89. The van der Waals surface area contributed by atoms with E-state index in [0.29, 0.717) is 12.6 Å². The maximum Gasteiger partial charge on any atom is 0.417 e. The highest BCUT2D eigenvalue weighted by Gasteiger charge is 2.41. The molecule has 0 radical (unpaired) electrons. The number of piperazine rings is 1. The van der Waals surface area contributed by atoms with Crippen molar-refractivity contribution in [3.05, 3.63) is 28.8 Å². The quantitative estimate of drug-likeness (QED) is 0.886. The van der Waals surface area contributed by atoms with E-state index in [0.717, 1.165) is 16.4 Å². The summed E-state index contributed by atoms with van der Waals surface area (Å²) in [4.78, 5) is -0.759. The summed E-state index contributed by atoms with van der Waals surface area (Å²) in [7, 11) is -4.26. The number of halogens is 4. The molecule has 1 aromatic rings. The lowest BCUT2D eigenvalue weighted by Gasteiger charge is -2.36. The molecular formula is C13H16ClF3N2O2S. The predicted molar refractivity (Wildman–Crippen MR) is 77.3 cm³/mol. The molecule has 1 N–H and O–H groups in total. The Morgan fingerprint density at radius 3 is 2.55 bits per heavy atom. The molecule has 1 aliphatic heterocycles. The third-order valence-electron chi connectivity index (χ3n) is 3.54. The summed E-state index contributed by atoms with van der Waals surface area (Å²) < 4.78 is 65.9. The van der Waals surface area contributed by atoms with Gasteiger partial charge < -0.3 is 5.32 Å². The lowest BCUT2D eigenvalue weighted by atomic mass is 10.2. The fourth-order valence-electron chi connectivity index (χ4n) is 2.40. The average molecular weight is 357 g/mol. The molecule has 0 aliphatic carbocycles. The van der Waals surface area contributed by atoms with Crippen LogP contribution in [0.15, 0.2) is 23.1 Å². The Hall–Kier alpha value is -0.830. The van der Waals surface area contributed by atoms with Gasteiger partial charge in [-0.3, -0.25) is 0 Å². The lowest BCUT2D eigenvalue weighted by molar-refractivity contribution is -0.139. The third-order valence-corrected chi connectivity index (χ3v) is 5.81. The highest BCUT2D eigenvalue weighted by atomic mass is 35.5. The lowest BCUT2D eigenvalue weighted by Crippen LogP contribution is -2.56. The Morgan fingerprint density at radius 1 is 1.32 bits per heavy atom. The van der Waals surface area contributed by atoms with Crippen LogP contribution < -0.4 is 5.32 Å². The maximum atomic E-state index is 13.1. The van der Waals surface area contributed by atoms with Crippen molar-refractivity contribution < 1.29 is 21.6 Å². The molecule has 0 bridgehead atoms. The SMILES string of the molecule is CC1CN(S(=O)(=O)c2ccc(Cl)cc2C(F)(F)F)C(C)CN1. The molecule has 1 fully saturated rings. The van der Waals surface area contributed by atoms with Crippen molar-refractivity contribution in [2.45, 2.75) is 37.0 Å². The van der Waals surface area contributed by atoms with E-state index in [1.165, 1.54) is 0 Å². The minimum absolute atomic E-state index is 0.115. The second kappa shape index (κ2) is 5.99. The normalized spacial score (nSPS) is 24.5. The fourth-order valence-corrected chi connectivity index (χ4v) is 4.48. The number of alkyl halides is 3. The van der Waals surface area contributed by atoms with E-state index in [1.54, 1.807) is 13.8 Å². The average Bonchev–Trinajstić information content (AvgIpc) is 2.40. The van der Waals surface area contributed by atoms with E-state index < -0.39 is 32.7 Å². The van der Waals surface area contributed by atoms with Gasteiger partial charge in [-0.15, -0.1) is 0 Å². The minimum atomic E-state index is -4.80. The van der Waals surface area contributed by atoms with E-state index in [-0.39, 0.29) is 17.6 Å². The fraction of sp³-hybridized carbons (Fsp3) is 0.538. The molecular weight excluding hydrogens is 341 g/mol. The van der Waals surface area contributed by atoms with Crippen molar-refractivity contribution >= 4 is 21.6 Å². The summed E-state index contributed by atoms with van der Waals surface area (Å²) in [5.41, 5.74) is -1.24. The minimum Gasteiger partial charge on any atom is -0.311 e. The van der Waals surface area contributed by atoms with Crippen LogP contribution in [0.25, 0.3) is 0 Å². The van der Waals surface area contributed by atoms with Gasteiger partial charge >= 0.3 is 6.18 Å². The van der Waals surface area contributed by atoms with Crippen molar-refractivity contribution in [3.63, 3.8) is 0 Å². The molecule has 1 saturated heterocycles. The first-order valence-corrected chi connectivity index (χ1v) is 8.47. The summed E-state index contributed by atoms with van der Waals surface area (Å²) in [6.07, 6.45) is -4.80. The molecule has 0 aromatic heterocycles. The van der Waals surface area contributed by atoms with Gasteiger partial charge in [0.2, 0.25) is 10.0 Å².